The molecule has 2 aromatic carbocycles. The molecule has 0 bridgehead atoms. The van der Waals surface area contributed by atoms with E-state index in [2.05, 4.69) is 15.0 Å². The Morgan fingerprint density at radius 3 is 2.52 bits per heavy atom. The Morgan fingerprint density at radius 2 is 1.81 bits per heavy atom. The van der Waals surface area contributed by atoms with Crippen molar-refractivity contribution in [2.75, 3.05) is 5.32 Å². The molecule has 3 rings (SSSR count). The summed E-state index contributed by atoms with van der Waals surface area (Å²) >= 11 is 6.11. The standard InChI is InChI=1S/C19H20ClN3O3S/c1-12(2)11-16(19(24)22-15-9-5-4-8-14(15)20)21-18-13-7-3-6-10-17(13)27(25,26)23-18/h3-10,12,16H,11H2,1-2H3,(H,21,23)(H,22,24). The molecule has 142 valence electrons. The zero-order chi connectivity index (χ0) is 19.6. The predicted molar refractivity (Wildman–Crippen MR) is 107 cm³/mol. The van der Waals surface area contributed by atoms with Gasteiger partial charge in [0.15, 0.2) is 0 Å². The molecule has 0 saturated heterocycles. The van der Waals surface area contributed by atoms with E-state index < -0.39 is 16.1 Å². The van der Waals surface area contributed by atoms with E-state index in [0.717, 1.165) is 0 Å². The number of halogens is 1. The molecule has 27 heavy (non-hydrogen) atoms. The first-order valence-corrected chi connectivity index (χ1v) is 10.4. The lowest BCUT2D eigenvalue weighted by molar-refractivity contribution is -0.117. The molecule has 2 aromatic rings. The molecule has 1 amide bonds. The second-order valence-electron chi connectivity index (χ2n) is 6.69. The Bertz CT molecular complexity index is 1000. The van der Waals surface area contributed by atoms with E-state index in [1.165, 1.54) is 6.07 Å². The van der Waals surface area contributed by atoms with Crippen molar-refractivity contribution in [2.45, 2.75) is 31.2 Å². The fourth-order valence-corrected chi connectivity index (χ4v) is 4.25. The molecule has 1 aliphatic heterocycles. The summed E-state index contributed by atoms with van der Waals surface area (Å²) in [5.41, 5.74) is 0.960. The van der Waals surface area contributed by atoms with Crippen LogP contribution in [0.3, 0.4) is 0 Å². The van der Waals surface area contributed by atoms with Gasteiger partial charge in [-0.05, 0) is 36.6 Å². The van der Waals surface area contributed by atoms with E-state index in [9.17, 15) is 13.2 Å². The SMILES string of the molecule is CC(C)CC(N=C1NS(=O)(=O)c2ccccc21)C(=O)Nc1ccccc1Cl. The smallest absolute Gasteiger partial charge is 0.263 e. The van der Waals surface area contributed by atoms with Crippen LogP contribution in [0.5, 0.6) is 0 Å². The van der Waals surface area contributed by atoms with Gasteiger partial charge in [0.05, 0.1) is 15.6 Å². The molecule has 0 radical (unpaired) electrons. The van der Waals surface area contributed by atoms with E-state index in [1.807, 2.05) is 13.8 Å². The highest BCUT2D eigenvalue weighted by atomic mass is 35.5. The van der Waals surface area contributed by atoms with Crippen molar-refractivity contribution in [1.29, 1.82) is 0 Å². The minimum Gasteiger partial charge on any atom is -0.323 e. The number of aliphatic imine (C=N–C) groups is 1. The Morgan fingerprint density at radius 1 is 1.15 bits per heavy atom. The van der Waals surface area contributed by atoms with Crippen LogP contribution in [0, 0.1) is 5.92 Å². The molecule has 2 N–H and O–H groups in total. The maximum absolute atomic E-state index is 12.8. The number of para-hydroxylation sites is 1. The van der Waals surface area contributed by atoms with Crippen LogP contribution < -0.4 is 10.0 Å². The summed E-state index contributed by atoms with van der Waals surface area (Å²) in [5.74, 6) is 0.0306. The maximum Gasteiger partial charge on any atom is 0.263 e. The van der Waals surface area contributed by atoms with Gasteiger partial charge in [0.2, 0.25) is 5.91 Å². The van der Waals surface area contributed by atoms with Crippen LogP contribution in [-0.4, -0.2) is 26.2 Å². The molecular formula is C19H20ClN3O3S. The number of fused-ring (bicyclic) bond motifs is 1. The maximum atomic E-state index is 12.8. The molecule has 1 atom stereocenters. The molecule has 0 aliphatic carbocycles. The summed E-state index contributed by atoms with van der Waals surface area (Å²) < 4.78 is 27.0. The van der Waals surface area contributed by atoms with Gasteiger partial charge in [-0.2, -0.15) is 0 Å². The van der Waals surface area contributed by atoms with Gasteiger partial charge in [-0.1, -0.05) is 49.7 Å². The molecule has 0 aromatic heterocycles. The number of anilines is 1. The molecule has 1 heterocycles. The van der Waals surface area contributed by atoms with Crippen molar-refractivity contribution in [3.8, 4) is 0 Å². The monoisotopic (exact) mass is 405 g/mol. The van der Waals surface area contributed by atoms with Gasteiger partial charge in [-0.25, -0.2) is 8.42 Å². The molecular weight excluding hydrogens is 386 g/mol. The number of amides is 1. The minimum atomic E-state index is -3.65. The zero-order valence-corrected chi connectivity index (χ0v) is 16.5. The molecule has 0 spiro atoms. The van der Waals surface area contributed by atoms with E-state index in [0.29, 0.717) is 22.7 Å². The van der Waals surface area contributed by atoms with Gasteiger partial charge < -0.3 is 5.32 Å². The van der Waals surface area contributed by atoms with Crippen LogP contribution in [-0.2, 0) is 14.8 Å². The van der Waals surface area contributed by atoms with Crippen molar-refractivity contribution in [3.05, 3.63) is 59.1 Å². The molecule has 8 heteroatoms. The molecule has 1 unspecified atom stereocenters. The van der Waals surface area contributed by atoms with Crippen molar-refractivity contribution >= 4 is 39.1 Å². The number of amidine groups is 1. The molecule has 0 fully saturated rings. The Hall–Kier alpha value is -2.38. The van der Waals surface area contributed by atoms with Crippen LogP contribution in [0.15, 0.2) is 58.4 Å². The minimum absolute atomic E-state index is 0.165. The molecule has 0 saturated carbocycles. The number of benzene rings is 2. The normalized spacial score (nSPS) is 17.4. The lowest BCUT2D eigenvalue weighted by atomic mass is 10.0. The number of nitrogens with zero attached hydrogens (tertiary/aromatic N) is 1. The van der Waals surface area contributed by atoms with Gasteiger partial charge in [0.25, 0.3) is 10.0 Å². The molecule has 1 aliphatic rings. The van der Waals surface area contributed by atoms with Crippen LogP contribution in [0.4, 0.5) is 5.69 Å². The average molecular weight is 406 g/mol. The number of carbonyl (C=O) groups is 1. The predicted octanol–water partition coefficient (Wildman–Crippen LogP) is 3.43. The van der Waals surface area contributed by atoms with Crippen molar-refractivity contribution in [1.82, 2.24) is 4.72 Å². The highest BCUT2D eigenvalue weighted by Gasteiger charge is 2.32. The van der Waals surface area contributed by atoms with Gasteiger partial charge in [-0.15, -0.1) is 0 Å². The highest BCUT2D eigenvalue weighted by Crippen LogP contribution is 2.25. The number of hydrogen-bond acceptors (Lipinski definition) is 4. The van der Waals surface area contributed by atoms with E-state index >= 15 is 0 Å². The van der Waals surface area contributed by atoms with Crippen molar-refractivity contribution in [2.24, 2.45) is 10.9 Å². The second-order valence-corrected chi connectivity index (χ2v) is 8.75. The highest BCUT2D eigenvalue weighted by molar-refractivity contribution is 7.90. The van der Waals surface area contributed by atoms with Crippen LogP contribution >= 0.6 is 11.6 Å². The van der Waals surface area contributed by atoms with Crippen LogP contribution in [0.25, 0.3) is 0 Å². The average Bonchev–Trinajstić information content (AvgIpc) is 2.87. The second kappa shape index (κ2) is 7.70. The fourth-order valence-electron chi connectivity index (χ4n) is 2.83. The van der Waals surface area contributed by atoms with Crippen LogP contribution in [0.2, 0.25) is 5.02 Å². The Balaban J connectivity index is 1.93. The summed E-state index contributed by atoms with van der Waals surface area (Å²) in [5, 5.41) is 3.20. The summed E-state index contributed by atoms with van der Waals surface area (Å²) in [7, 11) is -3.65. The largest absolute Gasteiger partial charge is 0.323 e. The number of carbonyl (C=O) groups excluding carboxylic acids is 1. The summed E-state index contributed by atoms with van der Waals surface area (Å²) in [4.78, 5) is 17.4. The third kappa shape index (κ3) is 4.31. The summed E-state index contributed by atoms with van der Waals surface area (Å²) in [6.07, 6.45) is 0.462. The lowest BCUT2D eigenvalue weighted by Crippen LogP contribution is -2.31. The van der Waals surface area contributed by atoms with Gasteiger partial charge in [0.1, 0.15) is 11.9 Å². The quantitative estimate of drug-likeness (QED) is 0.798. The first-order valence-electron chi connectivity index (χ1n) is 8.53. The summed E-state index contributed by atoms with van der Waals surface area (Å²) in [6, 6.07) is 12.7. The zero-order valence-electron chi connectivity index (χ0n) is 14.9. The first-order chi connectivity index (χ1) is 12.8. The van der Waals surface area contributed by atoms with Gasteiger partial charge in [-0.3, -0.25) is 14.5 Å². The first kappa shape index (κ1) is 19.4. The van der Waals surface area contributed by atoms with E-state index in [-0.39, 0.29) is 22.6 Å². The van der Waals surface area contributed by atoms with E-state index in [4.69, 9.17) is 11.6 Å². The van der Waals surface area contributed by atoms with Gasteiger partial charge >= 0.3 is 0 Å². The number of sulfonamides is 1. The number of rotatable bonds is 5. The van der Waals surface area contributed by atoms with Crippen LogP contribution in [0.1, 0.15) is 25.8 Å². The number of hydrogen-bond donors (Lipinski definition) is 2. The third-order valence-corrected chi connectivity index (χ3v) is 5.80. The Labute approximate surface area is 163 Å². The van der Waals surface area contributed by atoms with Crippen molar-refractivity contribution < 1.29 is 13.2 Å². The summed E-state index contributed by atoms with van der Waals surface area (Å²) in [6.45, 7) is 3.95. The number of nitrogens with one attached hydrogen (secondary N) is 2. The van der Waals surface area contributed by atoms with Gasteiger partial charge in [0, 0.05) is 5.56 Å². The Kier molecular flexibility index (Phi) is 5.53. The fraction of sp³-hybridized carbons (Fsp3) is 0.263. The lowest BCUT2D eigenvalue weighted by Gasteiger charge is -2.16. The molecule has 6 nitrogen and oxygen atoms in total. The van der Waals surface area contributed by atoms with E-state index in [1.54, 1.807) is 42.5 Å². The third-order valence-electron chi connectivity index (χ3n) is 4.08. The van der Waals surface area contributed by atoms with Crippen molar-refractivity contribution in [3.63, 3.8) is 0 Å². The topological polar surface area (TPSA) is 87.6 Å².